The molecular formula is C26H28N6O2S3. The summed E-state index contributed by atoms with van der Waals surface area (Å²) in [6.45, 7) is 2.79. The summed E-state index contributed by atoms with van der Waals surface area (Å²) in [6, 6.07) is 12.9. The average molecular weight is 553 g/mol. The van der Waals surface area contributed by atoms with Gasteiger partial charge in [-0.05, 0) is 42.6 Å². The summed E-state index contributed by atoms with van der Waals surface area (Å²) in [5.74, 6) is 1.29. The first-order valence-electron chi connectivity index (χ1n) is 11.6. The Kier molecular flexibility index (Phi) is 7.13. The molecule has 1 aliphatic heterocycles. The standard InChI is InChI=1S/C25H24N6O2S3.CH4/c1-30(36(32,33)22-7-3-12-34-22)21-6-2-5-17-13-20(29-23(17)21)25-28-14-19(35-25)16-31-11-8-18(15-31)24-26-9-4-10-27-24;/h2-7,9-10,12-14,18,29H,8,11,15-16H2,1H3;1H4. The zero-order valence-corrected chi connectivity index (χ0v) is 22.0. The second-order valence-corrected chi connectivity index (χ2v) is 13.0. The molecule has 1 atom stereocenters. The first kappa shape index (κ1) is 25.5. The summed E-state index contributed by atoms with van der Waals surface area (Å²) in [5.41, 5.74) is 2.26. The number of thiophene rings is 1. The number of hydrogen-bond acceptors (Lipinski definition) is 8. The molecule has 4 aromatic heterocycles. The maximum absolute atomic E-state index is 13.1. The van der Waals surface area contributed by atoms with Gasteiger partial charge in [0.05, 0.1) is 16.9 Å². The second-order valence-electron chi connectivity index (χ2n) is 8.79. The predicted octanol–water partition coefficient (Wildman–Crippen LogP) is 5.59. The minimum Gasteiger partial charge on any atom is -0.351 e. The minimum absolute atomic E-state index is 0. The fourth-order valence-corrected chi connectivity index (χ4v) is 7.92. The van der Waals surface area contributed by atoms with Crippen LogP contribution in [0, 0.1) is 0 Å². The highest BCUT2D eigenvalue weighted by molar-refractivity contribution is 7.94. The van der Waals surface area contributed by atoms with Gasteiger partial charge in [-0.25, -0.2) is 23.4 Å². The normalized spacial score (nSPS) is 16.2. The van der Waals surface area contributed by atoms with Crippen LogP contribution in [0.4, 0.5) is 5.69 Å². The van der Waals surface area contributed by atoms with E-state index in [9.17, 15) is 8.42 Å². The molecule has 1 N–H and O–H groups in total. The molecule has 11 heteroatoms. The van der Waals surface area contributed by atoms with E-state index in [0.717, 1.165) is 53.5 Å². The zero-order chi connectivity index (χ0) is 24.7. The largest absolute Gasteiger partial charge is 0.351 e. The molecule has 192 valence electrons. The number of anilines is 1. The van der Waals surface area contributed by atoms with Gasteiger partial charge in [-0.1, -0.05) is 25.6 Å². The van der Waals surface area contributed by atoms with Crippen LogP contribution in [-0.4, -0.2) is 53.4 Å². The Morgan fingerprint density at radius 1 is 1.14 bits per heavy atom. The van der Waals surface area contributed by atoms with Crippen LogP contribution in [-0.2, 0) is 16.6 Å². The molecule has 1 fully saturated rings. The van der Waals surface area contributed by atoms with Gasteiger partial charge in [-0.15, -0.1) is 22.7 Å². The van der Waals surface area contributed by atoms with Crippen molar-refractivity contribution in [3.8, 4) is 10.7 Å². The summed E-state index contributed by atoms with van der Waals surface area (Å²) in [7, 11) is -2.03. The molecule has 1 unspecified atom stereocenters. The van der Waals surface area contributed by atoms with Crippen molar-refractivity contribution < 1.29 is 8.42 Å². The average Bonchev–Trinajstić information content (AvgIpc) is 3.70. The first-order valence-corrected chi connectivity index (χ1v) is 14.7. The Bertz CT molecular complexity index is 1600. The minimum atomic E-state index is -3.63. The van der Waals surface area contributed by atoms with Crippen LogP contribution in [0.15, 0.2) is 70.6 Å². The van der Waals surface area contributed by atoms with Gasteiger partial charge in [0.1, 0.15) is 15.0 Å². The van der Waals surface area contributed by atoms with Gasteiger partial charge in [-0.3, -0.25) is 9.21 Å². The highest BCUT2D eigenvalue weighted by Gasteiger charge is 2.27. The molecule has 0 saturated carbocycles. The third-order valence-corrected chi connectivity index (χ3v) is 10.6. The van der Waals surface area contributed by atoms with E-state index in [1.54, 1.807) is 35.9 Å². The molecule has 0 amide bonds. The summed E-state index contributed by atoms with van der Waals surface area (Å²) in [6.07, 6.45) is 6.61. The highest BCUT2D eigenvalue weighted by Crippen LogP contribution is 2.35. The summed E-state index contributed by atoms with van der Waals surface area (Å²) in [4.78, 5) is 20.6. The number of fused-ring (bicyclic) bond motifs is 1. The number of para-hydroxylation sites is 1. The van der Waals surface area contributed by atoms with E-state index >= 15 is 0 Å². The van der Waals surface area contributed by atoms with Gasteiger partial charge in [0.15, 0.2) is 0 Å². The van der Waals surface area contributed by atoms with Crippen LogP contribution in [0.2, 0.25) is 0 Å². The predicted molar refractivity (Wildman–Crippen MR) is 151 cm³/mol. The smallest absolute Gasteiger partial charge is 0.273 e. The lowest BCUT2D eigenvalue weighted by atomic mass is 10.1. The Labute approximate surface area is 224 Å². The lowest BCUT2D eigenvalue weighted by Crippen LogP contribution is -2.26. The molecule has 1 saturated heterocycles. The molecule has 0 spiro atoms. The topological polar surface area (TPSA) is 95.1 Å². The molecule has 0 aliphatic carbocycles. The molecule has 0 radical (unpaired) electrons. The van der Waals surface area contributed by atoms with Crippen molar-refractivity contribution in [3.05, 3.63) is 77.1 Å². The van der Waals surface area contributed by atoms with Crippen LogP contribution >= 0.6 is 22.7 Å². The van der Waals surface area contributed by atoms with Crippen LogP contribution in [0.3, 0.4) is 0 Å². The summed E-state index contributed by atoms with van der Waals surface area (Å²) >= 11 is 2.87. The van der Waals surface area contributed by atoms with Gasteiger partial charge < -0.3 is 4.98 Å². The van der Waals surface area contributed by atoms with Gasteiger partial charge in [0.25, 0.3) is 10.0 Å². The fourth-order valence-electron chi connectivity index (χ4n) is 4.63. The Hall–Kier alpha value is -3.12. The number of nitrogens with zero attached hydrogens (tertiary/aromatic N) is 5. The van der Waals surface area contributed by atoms with Crippen LogP contribution < -0.4 is 4.31 Å². The molecule has 8 nitrogen and oxygen atoms in total. The van der Waals surface area contributed by atoms with Crippen molar-refractivity contribution >= 4 is 49.3 Å². The van der Waals surface area contributed by atoms with Gasteiger partial charge >= 0.3 is 0 Å². The first-order chi connectivity index (χ1) is 17.5. The van der Waals surface area contributed by atoms with E-state index in [1.165, 1.54) is 20.5 Å². The van der Waals surface area contributed by atoms with Crippen LogP contribution in [0.5, 0.6) is 0 Å². The van der Waals surface area contributed by atoms with Crippen molar-refractivity contribution in [2.24, 2.45) is 0 Å². The van der Waals surface area contributed by atoms with Crippen molar-refractivity contribution in [1.82, 2.24) is 24.8 Å². The number of sulfonamides is 1. The number of benzene rings is 1. The molecule has 1 aliphatic rings. The SMILES string of the molecule is C.CN(c1cccc2cc(-c3ncc(CN4CCC(c5ncccn5)C4)s3)[nH]c12)S(=O)(=O)c1cccs1. The molecule has 1 aromatic carbocycles. The molecule has 5 aromatic rings. The van der Waals surface area contributed by atoms with Crippen molar-refractivity contribution in [1.29, 1.82) is 0 Å². The number of likely N-dealkylation sites (tertiary alicyclic amines) is 1. The maximum atomic E-state index is 13.1. The Balaban J connectivity index is 0.00000280. The zero-order valence-electron chi connectivity index (χ0n) is 19.5. The van der Waals surface area contributed by atoms with Gasteiger partial charge in [-0.2, -0.15) is 0 Å². The molecule has 6 rings (SSSR count). The number of aromatic nitrogens is 4. The van der Waals surface area contributed by atoms with E-state index in [2.05, 4.69) is 24.8 Å². The third kappa shape index (κ3) is 4.91. The van der Waals surface area contributed by atoms with E-state index in [0.29, 0.717) is 15.8 Å². The van der Waals surface area contributed by atoms with Crippen LogP contribution in [0.25, 0.3) is 21.6 Å². The van der Waals surface area contributed by atoms with Crippen molar-refractivity contribution in [2.75, 3.05) is 24.4 Å². The quantitative estimate of drug-likeness (QED) is 0.283. The number of hydrogen-bond donors (Lipinski definition) is 1. The van der Waals surface area contributed by atoms with Gasteiger partial charge in [0, 0.05) is 54.9 Å². The number of nitrogens with one attached hydrogen (secondary N) is 1. The molecule has 37 heavy (non-hydrogen) atoms. The lowest BCUT2D eigenvalue weighted by molar-refractivity contribution is 0.328. The van der Waals surface area contributed by atoms with E-state index in [4.69, 9.17) is 0 Å². The van der Waals surface area contributed by atoms with Gasteiger partial charge in [0.2, 0.25) is 0 Å². The molecular weight excluding hydrogens is 525 g/mol. The summed E-state index contributed by atoms with van der Waals surface area (Å²) in [5, 5.41) is 3.60. The lowest BCUT2D eigenvalue weighted by Gasteiger charge is -2.19. The third-order valence-electron chi connectivity index (χ3n) is 6.47. The fraction of sp³-hybridized carbons (Fsp3) is 0.269. The highest BCUT2D eigenvalue weighted by atomic mass is 32.2. The van der Waals surface area contributed by atoms with Crippen LogP contribution in [0.1, 0.15) is 30.5 Å². The summed E-state index contributed by atoms with van der Waals surface area (Å²) < 4.78 is 27.9. The number of H-pyrrole nitrogens is 1. The van der Waals surface area contributed by atoms with Crippen molar-refractivity contribution in [3.63, 3.8) is 0 Å². The Morgan fingerprint density at radius 3 is 2.76 bits per heavy atom. The monoisotopic (exact) mass is 552 g/mol. The second kappa shape index (κ2) is 10.3. The molecule has 5 heterocycles. The maximum Gasteiger partial charge on any atom is 0.273 e. The van der Waals surface area contributed by atoms with Crippen molar-refractivity contribution in [2.45, 2.75) is 30.5 Å². The van der Waals surface area contributed by atoms with E-state index in [1.807, 2.05) is 48.9 Å². The van der Waals surface area contributed by atoms with E-state index < -0.39 is 10.0 Å². The number of thiazole rings is 1. The van der Waals surface area contributed by atoms with E-state index in [-0.39, 0.29) is 7.43 Å². The number of aromatic amines is 1. The number of rotatable bonds is 7. The molecule has 0 bridgehead atoms. The Morgan fingerprint density at radius 2 is 1.97 bits per heavy atom.